The average Bonchev–Trinajstić information content (AvgIpc) is 2.72. The number of aromatic hydroxyl groups is 4. The van der Waals surface area contributed by atoms with E-state index >= 15 is 0 Å². The van der Waals surface area contributed by atoms with E-state index in [1.54, 1.807) is 12.1 Å². The third-order valence-corrected chi connectivity index (χ3v) is 5.00. The highest BCUT2D eigenvalue weighted by molar-refractivity contribution is 9.10. The van der Waals surface area contributed by atoms with Crippen molar-refractivity contribution in [2.45, 2.75) is 6.61 Å². The minimum Gasteiger partial charge on any atom is -0.507 e. The third kappa shape index (κ3) is 3.65. The minimum atomic E-state index is -0.823. The van der Waals surface area contributed by atoms with Crippen molar-refractivity contribution >= 4 is 26.9 Å². The average molecular weight is 471 g/mol. The molecule has 4 rings (SSSR count). The number of halogens is 1. The zero-order valence-corrected chi connectivity index (χ0v) is 16.9. The van der Waals surface area contributed by atoms with Crippen molar-refractivity contribution in [3.63, 3.8) is 0 Å². The van der Waals surface area contributed by atoms with Gasteiger partial charge in [0, 0.05) is 10.0 Å². The van der Waals surface area contributed by atoms with Gasteiger partial charge in [-0.3, -0.25) is 4.79 Å². The SMILES string of the molecule is O=c1c(O)c(-c2ccc(O)c(O)c2)oc2cc(COc3ccc(Br)cc3)cc(O)c12. The first-order chi connectivity index (χ1) is 14.3. The van der Waals surface area contributed by atoms with Gasteiger partial charge in [0.15, 0.2) is 17.3 Å². The molecule has 0 saturated heterocycles. The van der Waals surface area contributed by atoms with Gasteiger partial charge in [0.25, 0.3) is 0 Å². The van der Waals surface area contributed by atoms with E-state index in [2.05, 4.69) is 15.9 Å². The molecule has 3 aromatic carbocycles. The molecule has 0 radical (unpaired) electrons. The molecule has 30 heavy (non-hydrogen) atoms. The third-order valence-electron chi connectivity index (χ3n) is 4.47. The van der Waals surface area contributed by atoms with Crippen LogP contribution in [0.4, 0.5) is 0 Å². The molecule has 8 heteroatoms. The molecule has 4 N–H and O–H groups in total. The Morgan fingerprint density at radius 2 is 1.60 bits per heavy atom. The summed E-state index contributed by atoms with van der Waals surface area (Å²) < 4.78 is 12.3. The van der Waals surface area contributed by atoms with Crippen molar-refractivity contribution in [1.82, 2.24) is 0 Å². The zero-order valence-electron chi connectivity index (χ0n) is 15.3. The van der Waals surface area contributed by atoms with Crippen LogP contribution in [-0.4, -0.2) is 20.4 Å². The van der Waals surface area contributed by atoms with Crippen LogP contribution in [0.25, 0.3) is 22.3 Å². The second-order valence-electron chi connectivity index (χ2n) is 6.54. The smallest absolute Gasteiger partial charge is 0.238 e. The Bertz CT molecular complexity index is 1310. The lowest BCUT2D eigenvalue weighted by Gasteiger charge is -2.11. The van der Waals surface area contributed by atoms with E-state index in [0.29, 0.717) is 11.3 Å². The van der Waals surface area contributed by atoms with Gasteiger partial charge in [-0.1, -0.05) is 15.9 Å². The lowest BCUT2D eigenvalue weighted by atomic mass is 10.1. The molecule has 152 valence electrons. The van der Waals surface area contributed by atoms with E-state index in [1.807, 2.05) is 12.1 Å². The standard InChI is InChI=1S/C22H15BrO7/c23-13-2-4-14(5-3-13)29-10-11-7-17(26)19-18(8-11)30-22(21(28)20(19)27)12-1-6-15(24)16(25)9-12/h1-9,24-26,28H,10H2. The Morgan fingerprint density at radius 1 is 0.867 bits per heavy atom. The van der Waals surface area contributed by atoms with Crippen LogP contribution < -0.4 is 10.2 Å². The van der Waals surface area contributed by atoms with Crippen molar-refractivity contribution in [3.05, 3.63) is 74.9 Å². The topological polar surface area (TPSA) is 120 Å². The molecule has 0 atom stereocenters. The van der Waals surface area contributed by atoms with Gasteiger partial charge in [-0.15, -0.1) is 0 Å². The molecule has 4 aromatic rings. The van der Waals surface area contributed by atoms with E-state index in [1.165, 1.54) is 24.3 Å². The summed E-state index contributed by atoms with van der Waals surface area (Å²) >= 11 is 3.34. The molecular weight excluding hydrogens is 456 g/mol. The Morgan fingerprint density at radius 3 is 2.30 bits per heavy atom. The minimum absolute atomic E-state index is 0.0368. The second kappa shape index (κ2) is 7.64. The number of hydrogen-bond acceptors (Lipinski definition) is 7. The largest absolute Gasteiger partial charge is 0.507 e. The van der Waals surface area contributed by atoms with Crippen molar-refractivity contribution in [2.75, 3.05) is 0 Å². The molecule has 1 heterocycles. The van der Waals surface area contributed by atoms with Crippen molar-refractivity contribution in [1.29, 1.82) is 0 Å². The quantitative estimate of drug-likeness (QED) is 0.321. The predicted octanol–water partition coefficient (Wildman–Crippen LogP) is 4.62. The number of hydrogen-bond donors (Lipinski definition) is 4. The predicted molar refractivity (Wildman–Crippen MR) is 113 cm³/mol. The Labute approximate surface area is 178 Å². The molecule has 0 bridgehead atoms. The normalized spacial score (nSPS) is 11.0. The van der Waals surface area contributed by atoms with E-state index in [4.69, 9.17) is 9.15 Å². The summed E-state index contributed by atoms with van der Waals surface area (Å²) in [6.45, 7) is 0.102. The zero-order chi connectivity index (χ0) is 21.4. The van der Waals surface area contributed by atoms with Crippen molar-refractivity contribution in [2.24, 2.45) is 0 Å². The summed E-state index contributed by atoms with van der Waals surface area (Å²) in [5.41, 5.74) is -0.0690. The highest BCUT2D eigenvalue weighted by atomic mass is 79.9. The van der Waals surface area contributed by atoms with E-state index in [0.717, 1.165) is 10.5 Å². The summed E-state index contributed by atoms with van der Waals surface area (Å²) in [6, 6.07) is 13.8. The maximum Gasteiger partial charge on any atom is 0.238 e. The van der Waals surface area contributed by atoms with Crippen LogP contribution in [0.3, 0.4) is 0 Å². The lowest BCUT2D eigenvalue weighted by Crippen LogP contribution is -2.04. The summed E-state index contributed by atoms with van der Waals surface area (Å²) in [6.07, 6.45) is 0. The van der Waals surface area contributed by atoms with Gasteiger partial charge in [-0.2, -0.15) is 0 Å². The maximum atomic E-state index is 12.6. The number of benzene rings is 3. The van der Waals surface area contributed by atoms with Crippen LogP contribution >= 0.6 is 15.9 Å². The highest BCUT2D eigenvalue weighted by Crippen LogP contribution is 2.37. The fourth-order valence-electron chi connectivity index (χ4n) is 2.99. The van der Waals surface area contributed by atoms with Crippen LogP contribution in [0.15, 0.2) is 68.3 Å². The molecule has 1 aromatic heterocycles. The summed E-state index contributed by atoms with van der Waals surface area (Å²) in [7, 11) is 0. The maximum absolute atomic E-state index is 12.6. The van der Waals surface area contributed by atoms with Gasteiger partial charge in [0.2, 0.25) is 11.2 Å². The van der Waals surface area contributed by atoms with Gasteiger partial charge in [0.05, 0.1) is 0 Å². The molecule has 0 aliphatic heterocycles. The van der Waals surface area contributed by atoms with Gasteiger partial charge in [-0.25, -0.2) is 0 Å². The van der Waals surface area contributed by atoms with E-state index in [9.17, 15) is 25.2 Å². The molecule has 0 fully saturated rings. The van der Waals surface area contributed by atoms with Gasteiger partial charge >= 0.3 is 0 Å². The monoisotopic (exact) mass is 470 g/mol. The summed E-state index contributed by atoms with van der Waals surface area (Å²) in [5, 5.41) is 39.6. The molecule has 0 unspecified atom stereocenters. The first-order valence-electron chi connectivity index (χ1n) is 8.76. The summed E-state index contributed by atoms with van der Waals surface area (Å²) in [4.78, 5) is 12.6. The fourth-order valence-corrected chi connectivity index (χ4v) is 3.25. The first-order valence-corrected chi connectivity index (χ1v) is 9.55. The van der Waals surface area contributed by atoms with Crippen LogP contribution in [0, 0.1) is 0 Å². The number of fused-ring (bicyclic) bond motifs is 1. The summed E-state index contributed by atoms with van der Waals surface area (Å²) in [5.74, 6) is -1.45. The van der Waals surface area contributed by atoms with Crippen LogP contribution in [-0.2, 0) is 6.61 Å². The Kier molecular flexibility index (Phi) is 5.01. The highest BCUT2D eigenvalue weighted by Gasteiger charge is 2.19. The van der Waals surface area contributed by atoms with Crippen LogP contribution in [0.1, 0.15) is 5.56 Å². The Balaban J connectivity index is 1.77. The first kappa shape index (κ1) is 19.7. The van der Waals surface area contributed by atoms with E-state index < -0.39 is 16.9 Å². The van der Waals surface area contributed by atoms with Crippen molar-refractivity contribution < 1.29 is 29.6 Å². The van der Waals surface area contributed by atoms with Crippen LogP contribution in [0.5, 0.6) is 28.7 Å². The van der Waals surface area contributed by atoms with Gasteiger partial charge in [-0.05, 0) is 60.2 Å². The molecule has 0 saturated carbocycles. The van der Waals surface area contributed by atoms with Gasteiger partial charge < -0.3 is 29.6 Å². The Hall–Kier alpha value is -3.65. The van der Waals surface area contributed by atoms with Crippen LogP contribution in [0.2, 0.25) is 0 Å². The van der Waals surface area contributed by atoms with Crippen molar-refractivity contribution in [3.8, 4) is 40.1 Å². The molecule has 7 nitrogen and oxygen atoms in total. The van der Waals surface area contributed by atoms with Gasteiger partial charge in [0.1, 0.15) is 29.1 Å². The number of ether oxygens (including phenoxy) is 1. The molecule has 0 aliphatic rings. The number of phenols is 3. The molecule has 0 amide bonds. The number of rotatable bonds is 4. The fraction of sp³-hybridized carbons (Fsp3) is 0.0455. The molecule has 0 aliphatic carbocycles. The molecule has 0 spiro atoms. The number of phenolic OH excluding ortho intramolecular Hbond substituents is 3. The lowest BCUT2D eigenvalue weighted by molar-refractivity contribution is 0.305. The van der Waals surface area contributed by atoms with E-state index in [-0.39, 0.29) is 40.4 Å². The second-order valence-corrected chi connectivity index (χ2v) is 7.46. The molecular formula is C22H15BrO7.